The summed E-state index contributed by atoms with van der Waals surface area (Å²) in [6.07, 6.45) is 6.34. The first-order valence-corrected chi connectivity index (χ1v) is 14.1. The first-order chi connectivity index (χ1) is 16.6. The zero-order valence-electron chi connectivity index (χ0n) is 21.2. The standard InChI is InChI=1S/C27H37N3O4S/c1-20-15-16-25(21(2)17-20)30(35(4,33)34)19-26(31)29(18-23-11-7-5-8-12-23)22(3)27(32)28-24-13-9-6-10-14-24/h5,7-8,11-12,15-17,22,24H,6,9-10,13-14,18-19H2,1-4H3,(H,28,32)/t22-/m0/s1. The molecule has 2 aromatic rings. The summed E-state index contributed by atoms with van der Waals surface area (Å²) in [6.45, 7) is 5.30. The zero-order chi connectivity index (χ0) is 25.6. The quantitative estimate of drug-likeness (QED) is 0.566. The van der Waals surface area contributed by atoms with Crippen molar-refractivity contribution in [2.45, 2.75) is 71.5 Å². The van der Waals surface area contributed by atoms with Gasteiger partial charge in [0.25, 0.3) is 0 Å². The Morgan fingerprint density at radius 3 is 2.29 bits per heavy atom. The molecule has 1 atom stereocenters. The van der Waals surface area contributed by atoms with Gasteiger partial charge in [0, 0.05) is 12.6 Å². The predicted octanol–water partition coefficient (Wildman–Crippen LogP) is 3.94. The van der Waals surface area contributed by atoms with E-state index in [-0.39, 0.29) is 25.0 Å². The van der Waals surface area contributed by atoms with Crippen LogP contribution in [-0.4, -0.2) is 50.0 Å². The van der Waals surface area contributed by atoms with Crippen molar-refractivity contribution in [2.24, 2.45) is 0 Å². The van der Waals surface area contributed by atoms with Crippen LogP contribution in [0, 0.1) is 13.8 Å². The lowest BCUT2D eigenvalue weighted by Crippen LogP contribution is -2.53. The smallest absolute Gasteiger partial charge is 0.244 e. The van der Waals surface area contributed by atoms with E-state index < -0.39 is 22.0 Å². The fraction of sp³-hybridized carbons (Fsp3) is 0.481. The van der Waals surface area contributed by atoms with E-state index in [0.717, 1.165) is 52.9 Å². The summed E-state index contributed by atoms with van der Waals surface area (Å²) in [7, 11) is -3.74. The second kappa shape index (κ2) is 11.7. The van der Waals surface area contributed by atoms with Gasteiger partial charge in [-0.3, -0.25) is 13.9 Å². The van der Waals surface area contributed by atoms with Crippen molar-refractivity contribution in [1.29, 1.82) is 0 Å². The maximum atomic E-state index is 13.6. The SMILES string of the molecule is Cc1ccc(N(CC(=O)N(Cc2ccccc2)[C@@H](C)C(=O)NC2CCCCC2)S(C)(=O)=O)c(C)c1. The summed E-state index contributed by atoms with van der Waals surface area (Å²) < 4.78 is 26.6. The number of nitrogens with one attached hydrogen (secondary N) is 1. The third-order valence-corrected chi connectivity index (χ3v) is 7.74. The number of anilines is 1. The molecule has 0 aromatic heterocycles. The lowest BCUT2D eigenvalue weighted by atomic mass is 9.95. The van der Waals surface area contributed by atoms with Gasteiger partial charge in [-0.1, -0.05) is 67.3 Å². The molecular weight excluding hydrogens is 462 g/mol. The molecule has 7 nitrogen and oxygen atoms in total. The third kappa shape index (κ3) is 7.31. The van der Waals surface area contributed by atoms with Gasteiger partial charge in [0.1, 0.15) is 12.6 Å². The highest BCUT2D eigenvalue weighted by molar-refractivity contribution is 7.92. The molecule has 1 aliphatic rings. The molecular formula is C27H37N3O4S. The van der Waals surface area contributed by atoms with Crippen molar-refractivity contribution >= 4 is 27.5 Å². The highest BCUT2D eigenvalue weighted by Gasteiger charge is 2.31. The second-order valence-electron chi connectivity index (χ2n) is 9.59. The van der Waals surface area contributed by atoms with Crippen LogP contribution in [0.3, 0.4) is 0 Å². The first-order valence-electron chi connectivity index (χ1n) is 12.2. The molecule has 3 rings (SSSR count). The maximum absolute atomic E-state index is 13.6. The molecule has 1 aliphatic carbocycles. The number of carbonyl (C=O) groups excluding carboxylic acids is 2. The van der Waals surface area contributed by atoms with E-state index in [4.69, 9.17) is 0 Å². The van der Waals surface area contributed by atoms with Crippen molar-refractivity contribution in [1.82, 2.24) is 10.2 Å². The largest absolute Gasteiger partial charge is 0.352 e. The van der Waals surface area contributed by atoms with Crippen molar-refractivity contribution in [3.05, 3.63) is 65.2 Å². The molecule has 0 heterocycles. The Hall–Kier alpha value is -2.87. The Balaban J connectivity index is 1.87. The normalized spacial score (nSPS) is 15.3. The minimum absolute atomic E-state index is 0.120. The molecule has 8 heteroatoms. The van der Waals surface area contributed by atoms with Crippen LogP contribution >= 0.6 is 0 Å². The highest BCUT2D eigenvalue weighted by atomic mass is 32.2. The molecule has 1 saturated carbocycles. The van der Waals surface area contributed by atoms with Crippen LogP contribution in [0.25, 0.3) is 0 Å². The summed E-state index contributed by atoms with van der Waals surface area (Å²) in [4.78, 5) is 28.3. The van der Waals surface area contributed by atoms with Gasteiger partial charge in [-0.25, -0.2) is 8.42 Å². The molecule has 2 aromatic carbocycles. The minimum Gasteiger partial charge on any atom is -0.352 e. The van der Waals surface area contributed by atoms with Crippen LogP contribution in [-0.2, 0) is 26.2 Å². The molecule has 0 unspecified atom stereocenters. The molecule has 1 fully saturated rings. The van der Waals surface area contributed by atoms with E-state index in [9.17, 15) is 18.0 Å². The number of rotatable bonds is 9. The molecule has 0 bridgehead atoms. The maximum Gasteiger partial charge on any atom is 0.244 e. The van der Waals surface area contributed by atoms with Crippen molar-refractivity contribution in [3.8, 4) is 0 Å². The lowest BCUT2D eigenvalue weighted by molar-refractivity contribution is -0.139. The summed E-state index contributed by atoms with van der Waals surface area (Å²) in [5.41, 5.74) is 3.10. The summed E-state index contributed by atoms with van der Waals surface area (Å²) >= 11 is 0. The number of benzene rings is 2. The van der Waals surface area contributed by atoms with Crippen LogP contribution < -0.4 is 9.62 Å². The molecule has 0 spiro atoms. The van der Waals surface area contributed by atoms with E-state index in [1.807, 2.05) is 56.3 Å². The zero-order valence-corrected chi connectivity index (χ0v) is 22.0. The van der Waals surface area contributed by atoms with Gasteiger partial charge in [0.15, 0.2) is 0 Å². The van der Waals surface area contributed by atoms with Crippen molar-refractivity contribution in [2.75, 3.05) is 17.1 Å². The van der Waals surface area contributed by atoms with Crippen LogP contribution in [0.15, 0.2) is 48.5 Å². The molecule has 2 amide bonds. The fourth-order valence-electron chi connectivity index (χ4n) is 4.61. The Morgan fingerprint density at radius 1 is 1.03 bits per heavy atom. The van der Waals surface area contributed by atoms with E-state index in [1.54, 1.807) is 13.0 Å². The number of sulfonamides is 1. The Bertz CT molecular complexity index is 1130. The number of hydrogen-bond acceptors (Lipinski definition) is 4. The van der Waals surface area contributed by atoms with Crippen molar-refractivity contribution in [3.63, 3.8) is 0 Å². The number of aryl methyl sites for hydroxylation is 2. The monoisotopic (exact) mass is 499 g/mol. The van der Waals surface area contributed by atoms with Crippen LogP contribution in [0.2, 0.25) is 0 Å². The molecule has 190 valence electrons. The molecule has 35 heavy (non-hydrogen) atoms. The molecule has 0 radical (unpaired) electrons. The highest BCUT2D eigenvalue weighted by Crippen LogP contribution is 2.24. The summed E-state index contributed by atoms with van der Waals surface area (Å²) in [5.74, 6) is -0.635. The number of nitrogens with zero attached hydrogens (tertiary/aromatic N) is 2. The van der Waals surface area contributed by atoms with Gasteiger partial charge in [0.2, 0.25) is 21.8 Å². The Morgan fingerprint density at radius 2 is 1.69 bits per heavy atom. The van der Waals surface area contributed by atoms with E-state index >= 15 is 0 Å². The third-order valence-electron chi connectivity index (χ3n) is 6.61. The fourth-order valence-corrected chi connectivity index (χ4v) is 5.52. The molecule has 0 saturated heterocycles. The van der Waals surface area contributed by atoms with Crippen LogP contribution in [0.1, 0.15) is 55.7 Å². The first kappa shape index (κ1) is 26.7. The average molecular weight is 500 g/mol. The Kier molecular flexibility index (Phi) is 8.94. The van der Waals surface area contributed by atoms with Crippen LogP contribution in [0.4, 0.5) is 5.69 Å². The van der Waals surface area contributed by atoms with Gasteiger partial charge in [-0.15, -0.1) is 0 Å². The van der Waals surface area contributed by atoms with E-state index in [2.05, 4.69) is 5.32 Å². The summed E-state index contributed by atoms with van der Waals surface area (Å²) in [6, 6.07) is 14.2. The van der Waals surface area contributed by atoms with E-state index in [0.29, 0.717) is 5.69 Å². The number of amides is 2. The summed E-state index contributed by atoms with van der Waals surface area (Å²) in [5, 5.41) is 3.11. The van der Waals surface area contributed by atoms with E-state index in [1.165, 1.54) is 11.3 Å². The van der Waals surface area contributed by atoms with Crippen molar-refractivity contribution < 1.29 is 18.0 Å². The minimum atomic E-state index is -3.74. The van der Waals surface area contributed by atoms with Gasteiger partial charge in [-0.2, -0.15) is 0 Å². The lowest BCUT2D eigenvalue weighted by Gasteiger charge is -2.33. The topological polar surface area (TPSA) is 86.8 Å². The van der Waals surface area contributed by atoms with Gasteiger partial charge in [-0.05, 0) is 50.8 Å². The second-order valence-corrected chi connectivity index (χ2v) is 11.5. The molecule has 0 aliphatic heterocycles. The van der Waals surface area contributed by atoms with Gasteiger partial charge >= 0.3 is 0 Å². The van der Waals surface area contributed by atoms with Crippen LogP contribution in [0.5, 0.6) is 0 Å². The Labute approximate surface area is 209 Å². The molecule has 1 N–H and O–H groups in total. The van der Waals surface area contributed by atoms with Gasteiger partial charge < -0.3 is 10.2 Å². The predicted molar refractivity (Wildman–Crippen MR) is 140 cm³/mol. The average Bonchev–Trinajstić information content (AvgIpc) is 2.81. The number of carbonyl (C=O) groups is 2. The number of hydrogen-bond donors (Lipinski definition) is 1. The van der Waals surface area contributed by atoms with Gasteiger partial charge in [0.05, 0.1) is 11.9 Å².